The van der Waals surface area contributed by atoms with Crippen molar-refractivity contribution in [1.82, 2.24) is 0 Å². The van der Waals surface area contributed by atoms with Gasteiger partial charge in [0.2, 0.25) is 5.91 Å². The third-order valence-electron chi connectivity index (χ3n) is 5.34. The maximum absolute atomic E-state index is 13.2. The average Bonchev–Trinajstić information content (AvgIpc) is 3.14. The molecule has 0 aliphatic carbocycles. The zero-order valence-electron chi connectivity index (χ0n) is 18.0. The summed E-state index contributed by atoms with van der Waals surface area (Å²) in [6.07, 6.45) is -0.263. The van der Waals surface area contributed by atoms with E-state index in [4.69, 9.17) is 4.74 Å². The van der Waals surface area contributed by atoms with Crippen LogP contribution in [0.15, 0.2) is 78.9 Å². The molecule has 0 saturated carbocycles. The summed E-state index contributed by atoms with van der Waals surface area (Å²) in [5, 5.41) is 8.15. The molecule has 1 aliphatic rings. The summed E-state index contributed by atoms with van der Waals surface area (Å²) in [6, 6.07) is 24.2. The lowest BCUT2D eigenvalue weighted by Crippen LogP contribution is -2.32. The van der Waals surface area contributed by atoms with Crippen molar-refractivity contribution in [1.29, 1.82) is 0 Å². The van der Waals surface area contributed by atoms with Crippen molar-refractivity contribution in [2.75, 3.05) is 4.90 Å². The van der Waals surface area contributed by atoms with Gasteiger partial charge in [-0.15, -0.1) is 11.8 Å². The Kier molecular flexibility index (Phi) is 6.79. The van der Waals surface area contributed by atoms with Crippen LogP contribution in [0.2, 0.25) is 0 Å². The van der Waals surface area contributed by atoms with Gasteiger partial charge in [0.15, 0.2) is 5.78 Å². The van der Waals surface area contributed by atoms with Gasteiger partial charge in [-0.05, 0) is 42.3 Å². The van der Waals surface area contributed by atoms with Gasteiger partial charge in [0.25, 0.3) is 0 Å². The second kappa shape index (κ2) is 9.92. The van der Waals surface area contributed by atoms with Gasteiger partial charge in [0, 0.05) is 11.3 Å². The number of carboxylic acids is 1. The van der Waals surface area contributed by atoms with E-state index in [0.717, 1.165) is 11.1 Å². The monoisotopic (exact) mass is 461 g/mol. The molecule has 3 aromatic carbocycles. The molecule has 0 radical (unpaired) electrons. The van der Waals surface area contributed by atoms with Crippen LogP contribution < -0.4 is 9.64 Å². The van der Waals surface area contributed by atoms with E-state index in [1.165, 1.54) is 18.7 Å². The van der Waals surface area contributed by atoms with E-state index in [0.29, 0.717) is 23.6 Å². The van der Waals surface area contributed by atoms with Gasteiger partial charge < -0.3 is 9.84 Å². The molecule has 4 rings (SSSR count). The molecule has 168 valence electrons. The van der Waals surface area contributed by atoms with Crippen LogP contribution in [0.4, 0.5) is 5.69 Å². The standard InChI is InChI=1S/C26H23NO5S/c1-17(28)20-8-5-9-21(14-20)27-25(31)23(15-24(29)30)33-26(27)19-10-12-22(13-11-19)32-16-18-6-3-2-4-7-18/h2-14,23,26H,15-16H2,1H3,(H,29,30). The van der Waals surface area contributed by atoms with Crippen LogP contribution in [0.25, 0.3) is 0 Å². The number of hydrogen-bond donors (Lipinski definition) is 1. The summed E-state index contributed by atoms with van der Waals surface area (Å²) < 4.78 is 5.86. The number of hydrogen-bond acceptors (Lipinski definition) is 5. The Morgan fingerprint density at radius 1 is 1.00 bits per heavy atom. The molecule has 33 heavy (non-hydrogen) atoms. The Morgan fingerprint density at radius 3 is 2.39 bits per heavy atom. The molecule has 1 heterocycles. The molecule has 0 aromatic heterocycles. The molecule has 3 aromatic rings. The highest BCUT2D eigenvalue weighted by molar-refractivity contribution is 8.01. The average molecular weight is 462 g/mol. The van der Waals surface area contributed by atoms with Gasteiger partial charge in [-0.1, -0.05) is 54.6 Å². The van der Waals surface area contributed by atoms with Gasteiger partial charge in [0.05, 0.1) is 11.7 Å². The van der Waals surface area contributed by atoms with E-state index >= 15 is 0 Å². The van der Waals surface area contributed by atoms with Crippen molar-refractivity contribution >= 4 is 35.1 Å². The predicted octanol–water partition coefficient (Wildman–Crippen LogP) is 5.09. The van der Waals surface area contributed by atoms with E-state index < -0.39 is 16.6 Å². The highest BCUT2D eigenvalue weighted by atomic mass is 32.2. The molecule has 1 N–H and O–H groups in total. The number of benzene rings is 3. The number of Topliss-reactive ketones (excluding diaryl/α,β-unsaturated/α-hetero) is 1. The Morgan fingerprint density at radius 2 is 1.73 bits per heavy atom. The first-order valence-corrected chi connectivity index (χ1v) is 11.4. The van der Waals surface area contributed by atoms with Gasteiger partial charge in [-0.25, -0.2) is 0 Å². The molecule has 0 bridgehead atoms. The summed E-state index contributed by atoms with van der Waals surface area (Å²) in [5.41, 5.74) is 2.98. The number of nitrogens with zero attached hydrogens (tertiary/aromatic N) is 1. The topological polar surface area (TPSA) is 83.9 Å². The van der Waals surface area contributed by atoms with Crippen LogP contribution in [-0.2, 0) is 16.2 Å². The molecule has 1 fully saturated rings. The minimum Gasteiger partial charge on any atom is -0.489 e. The highest BCUT2D eigenvalue weighted by Gasteiger charge is 2.42. The first-order valence-electron chi connectivity index (χ1n) is 10.5. The van der Waals surface area contributed by atoms with Crippen LogP contribution in [0.5, 0.6) is 5.75 Å². The van der Waals surface area contributed by atoms with Crippen LogP contribution in [0, 0.1) is 0 Å². The number of aliphatic carboxylic acids is 1. The van der Waals surface area contributed by atoms with Crippen molar-refractivity contribution in [3.05, 3.63) is 95.6 Å². The van der Waals surface area contributed by atoms with Gasteiger partial charge in [0.1, 0.15) is 17.7 Å². The van der Waals surface area contributed by atoms with Crippen LogP contribution in [0.1, 0.15) is 40.2 Å². The molecule has 1 aliphatic heterocycles. The molecule has 6 nitrogen and oxygen atoms in total. The Balaban J connectivity index is 1.59. The maximum Gasteiger partial charge on any atom is 0.305 e. The molecule has 1 amide bonds. The molecular formula is C26H23NO5S. The number of rotatable bonds is 8. The Labute approximate surface area is 196 Å². The summed E-state index contributed by atoms with van der Waals surface area (Å²) >= 11 is 1.30. The summed E-state index contributed by atoms with van der Waals surface area (Å²) in [6.45, 7) is 1.92. The molecule has 2 atom stereocenters. The summed E-state index contributed by atoms with van der Waals surface area (Å²) in [4.78, 5) is 37.9. The Hall–Kier alpha value is -3.58. The number of ketones is 1. The van der Waals surface area contributed by atoms with Crippen molar-refractivity contribution in [3.8, 4) is 5.75 Å². The number of anilines is 1. The number of amides is 1. The number of thioether (sulfide) groups is 1. The maximum atomic E-state index is 13.2. The third-order valence-corrected chi connectivity index (χ3v) is 6.78. The SMILES string of the molecule is CC(=O)c1cccc(N2C(=O)C(CC(=O)O)SC2c2ccc(OCc3ccccc3)cc2)c1. The van der Waals surface area contributed by atoms with Crippen LogP contribution in [-0.4, -0.2) is 28.0 Å². The minimum absolute atomic E-state index is 0.102. The zero-order valence-corrected chi connectivity index (χ0v) is 18.8. The van der Waals surface area contributed by atoms with E-state index in [1.807, 2.05) is 54.6 Å². The predicted molar refractivity (Wildman–Crippen MR) is 128 cm³/mol. The smallest absolute Gasteiger partial charge is 0.305 e. The molecule has 2 unspecified atom stereocenters. The van der Waals surface area contributed by atoms with Crippen molar-refractivity contribution < 1.29 is 24.2 Å². The minimum atomic E-state index is -1.02. The van der Waals surface area contributed by atoms with Crippen molar-refractivity contribution in [3.63, 3.8) is 0 Å². The first kappa shape index (κ1) is 22.6. The van der Waals surface area contributed by atoms with E-state index in [-0.39, 0.29) is 18.1 Å². The van der Waals surface area contributed by atoms with Gasteiger partial charge in [-0.2, -0.15) is 0 Å². The fourth-order valence-electron chi connectivity index (χ4n) is 3.67. The second-order valence-corrected chi connectivity index (χ2v) is 9.02. The van der Waals surface area contributed by atoms with E-state index in [9.17, 15) is 19.5 Å². The quantitative estimate of drug-likeness (QED) is 0.471. The fraction of sp³-hybridized carbons (Fsp3) is 0.192. The molecular weight excluding hydrogens is 438 g/mol. The fourth-order valence-corrected chi connectivity index (χ4v) is 5.12. The lowest BCUT2D eigenvalue weighted by Gasteiger charge is -2.25. The lowest BCUT2D eigenvalue weighted by molar-refractivity contribution is -0.138. The Bertz CT molecular complexity index is 1160. The van der Waals surface area contributed by atoms with Gasteiger partial charge >= 0.3 is 5.97 Å². The third kappa shape index (κ3) is 5.26. The number of carbonyl (C=O) groups is 3. The largest absolute Gasteiger partial charge is 0.489 e. The molecule has 7 heteroatoms. The van der Waals surface area contributed by atoms with E-state index in [2.05, 4.69) is 0 Å². The molecule has 0 spiro atoms. The second-order valence-electron chi connectivity index (χ2n) is 7.73. The number of ether oxygens (including phenoxy) is 1. The van der Waals surface area contributed by atoms with Gasteiger partial charge in [-0.3, -0.25) is 19.3 Å². The number of carbonyl (C=O) groups excluding carboxylic acids is 2. The van der Waals surface area contributed by atoms with Crippen LogP contribution in [0.3, 0.4) is 0 Å². The van der Waals surface area contributed by atoms with E-state index in [1.54, 1.807) is 29.2 Å². The normalized spacial score (nSPS) is 17.7. The van der Waals surface area contributed by atoms with Crippen molar-refractivity contribution in [2.45, 2.75) is 30.6 Å². The summed E-state index contributed by atoms with van der Waals surface area (Å²) in [5.74, 6) is -0.708. The molecule has 1 saturated heterocycles. The summed E-state index contributed by atoms with van der Waals surface area (Å²) in [7, 11) is 0. The zero-order chi connectivity index (χ0) is 23.4. The first-order chi connectivity index (χ1) is 15.9. The number of carboxylic acid groups (broad SMARTS) is 1. The van der Waals surface area contributed by atoms with Crippen molar-refractivity contribution in [2.24, 2.45) is 0 Å². The van der Waals surface area contributed by atoms with Crippen LogP contribution >= 0.6 is 11.8 Å². The lowest BCUT2D eigenvalue weighted by atomic mass is 10.1. The highest BCUT2D eigenvalue weighted by Crippen LogP contribution is 2.47.